The van der Waals surface area contributed by atoms with E-state index < -0.39 is 0 Å². The van der Waals surface area contributed by atoms with Gasteiger partial charge in [-0.3, -0.25) is 0 Å². The molecule has 3 atom stereocenters. The highest BCUT2D eigenvalue weighted by Gasteiger charge is 2.39. The van der Waals surface area contributed by atoms with Crippen molar-refractivity contribution in [2.75, 3.05) is 11.9 Å². The molecule has 0 aliphatic carbocycles. The fraction of sp³-hybridized carbons (Fsp3) is 0.429. The van der Waals surface area contributed by atoms with Crippen molar-refractivity contribution in [3.8, 4) is 0 Å². The molecule has 2 aliphatic rings. The number of benzene rings is 2. The Morgan fingerprint density at radius 1 is 1.13 bits per heavy atom. The Balaban J connectivity index is 1.75. The van der Waals surface area contributed by atoms with Crippen LogP contribution in [0.25, 0.3) is 0 Å². The molecule has 2 aliphatic heterocycles. The molecular weight excluding hydrogens is 282 g/mol. The van der Waals surface area contributed by atoms with Crippen molar-refractivity contribution in [3.63, 3.8) is 0 Å². The second-order valence-corrected chi connectivity index (χ2v) is 6.91. The van der Waals surface area contributed by atoms with Crippen molar-refractivity contribution in [1.29, 1.82) is 0 Å². The maximum Gasteiger partial charge on any atom is 0.0895 e. The van der Waals surface area contributed by atoms with Crippen molar-refractivity contribution in [2.45, 2.75) is 45.3 Å². The Labute approximate surface area is 138 Å². The van der Waals surface area contributed by atoms with Crippen LogP contribution in [0.4, 0.5) is 5.69 Å². The number of fused-ring (bicyclic) bond motifs is 3. The molecule has 2 heteroatoms. The average molecular weight is 307 g/mol. The van der Waals surface area contributed by atoms with E-state index in [9.17, 15) is 0 Å². The van der Waals surface area contributed by atoms with Crippen LogP contribution in [0.1, 0.15) is 54.2 Å². The van der Waals surface area contributed by atoms with Gasteiger partial charge in [0.15, 0.2) is 0 Å². The zero-order valence-electron chi connectivity index (χ0n) is 14.0. The topological polar surface area (TPSA) is 21.3 Å². The van der Waals surface area contributed by atoms with Crippen molar-refractivity contribution < 1.29 is 4.74 Å². The number of hydrogen-bond donors (Lipinski definition) is 1. The van der Waals surface area contributed by atoms with Crippen LogP contribution >= 0.6 is 0 Å². The van der Waals surface area contributed by atoms with Crippen LogP contribution in [0.15, 0.2) is 42.5 Å². The van der Waals surface area contributed by atoms with Gasteiger partial charge in [0.05, 0.1) is 12.1 Å². The third kappa shape index (κ3) is 2.66. The van der Waals surface area contributed by atoms with Gasteiger partial charge in [0, 0.05) is 23.8 Å². The third-order valence-corrected chi connectivity index (χ3v) is 5.37. The van der Waals surface area contributed by atoms with Crippen molar-refractivity contribution >= 4 is 5.69 Å². The van der Waals surface area contributed by atoms with Gasteiger partial charge in [-0.05, 0) is 43.4 Å². The molecule has 0 aromatic heterocycles. The number of nitrogens with one attached hydrogen (secondary N) is 1. The monoisotopic (exact) mass is 307 g/mol. The highest BCUT2D eigenvalue weighted by atomic mass is 16.5. The molecular formula is C21H25NO. The summed E-state index contributed by atoms with van der Waals surface area (Å²) in [6.45, 7) is 5.25. The lowest BCUT2D eigenvalue weighted by Gasteiger charge is -2.43. The first-order chi connectivity index (χ1) is 11.3. The van der Waals surface area contributed by atoms with Crippen LogP contribution < -0.4 is 5.32 Å². The van der Waals surface area contributed by atoms with E-state index in [0.717, 1.165) is 19.4 Å². The van der Waals surface area contributed by atoms with E-state index in [0.29, 0.717) is 12.0 Å². The van der Waals surface area contributed by atoms with Gasteiger partial charge in [0.1, 0.15) is 0 Å². The number of rotatable bonds is 2. The van der Waals surface area contributed by atoms with E-state index in [1.807, 2.05) is 0 Å². The fourth-order valence-electron chi connectivity index (χ4n) is 4.04. The zero-order valence-corrected chi connectivity index (χ0v) is 14.0. The summed E-state index contributed by atoms with van der Waals surface area (Å²) >= 11 is 0. The molecule has 2 aromatic carbocycles. The minimum Gasteiger partial charge on any atom is -0.378 e. The van der Waals surface area contributed by atoms with E-state index in [4.69, 9.17) is 4.74 Å². The van der Waals surface area contributed by atoms with Gasteiger partial charge in [0.2, 0.25) is 0 Å². The molecule has 1 saturated heterocycles. The van der Waals surface area contributed by atoms with Crippen LogP contribution in [0.3, 0.4) is 0 Å². The first-order valence-corrected chi connectivity index (χ1v) is 8.84. The molecule has 0 radical (unpaired) electrons. The second kappa shape index (κ2) is 6.01. The summed E-state index contributed by atoms with van der Waals surface area (Å²) < 4.78 is 6.24. The van der Waals surface area contributed by atoms with Gasteiger partial charge in [-0.25, -0.2) is 0 Å². The lowest BCUT2D eigenvalue weighted by Crippen LogP contribution is -2.36. The molecule has 2 aromatic rings. The number of anilines is 1. The smallest absolute Gasteiger partial charge is 0.0895 e. The first kappa shape index (κ1) is 14.8. The molecule has 1 N–H and O–H groups in total. The van der Waals surface area contributed by atoms with Crippen LogP contribution in [0.5, 0.6) is 0 Å². The summed E-state index contributed by atoms with van der Waals surface area (Å²) in [5, 5.41) is 3.80. The normalized spacial score (nSPS) is 26.1. The fourth-order valence-corrected chi connectivity index (χ4v) is 4.04. The van der Waals surface area contributed by atoms with Gasteiger partial charge >= 0.3 is 0 Å². The summed E-state index contributed by atoms with van der Waals surface area (Å²) in [6, 6.07) is 16.1. The second-order valence-electron chi connectivity index (χ2n) is 6.91. The van der Waals surface area contributed by atoms with E-state index in [2.05, 4.69) is 61.6 Å². The quantitative estimate of drug-likeness (QED) is 0.824. The first-order valence-electron chi connectivity index (χ1n) is 8.84. The highest BCUT2D eigenvalue weighted by Crippen LogP contribution is 2.49. The Hall–Kier alpha value is -1.80. The summed E-state index contributed by atoms with van der Waals surface area (Å²) in [7, 11) is 0. The molecule has 0 unspecified atom stereocenters. The number of hydrogen-bond acceptors (Lipinski definition) is 2. The van der Waals surface area contributed by atoms with Crippen LogP contribution in [0.2, 0.25) is 0 Å². The Kier molecular flexibility index (Phi) is 3.86. The van der Waals surface area contributed by atoms with E-state index >= 15 is 0 Å². The maximum absolute atomic E-state index is 6.24. The Morgan fingerprint density at radius 3 is 2.74 bits per heavy atom. The van der Waals surface area contributed by atoms with E-state index in [1.54, 1.807) is 0 Å². The number of aryl methyl sites for hydroxylation is 2. The van der Waals surface area contributed by atoms with Crippen LogP contribution in [0, 0.1) is 12.8 Å². The average Bonchev–Trinajstić information content (AvgIpc) is 2.61. The highest BCUT2D eigenvalue weighted by molar-refractivity contribution is 5.58. The summed E-state index contributed by atoms with van der Waals surface area (Å²) in [5.74, 6) is 0.520. The van der Waals surface area contributed by atoms with Crippen LogP contribution in [-0.2, 0) is 11.2 Å². The van der Waals surface area contributed by atoms with Crippen LogP contribution in [-0.4, -0.2) is 6.61 Å². The molecule has 0 saturated carbocycles. The predicted octanol–water partition coefficient (Wildman–Crippen LogP) is 5.19. The molecule has 2 heterocycles. The Bertz CT molecular complexity index is 691. The Morgan fingerprint density at radius 2 is 1.96 bits per heavy atom. The third-order valence-electron chi connectivity index (χ3n) is 5.37. The zero-order chi connectivity index (χ0) is 15.8. The summed E-state index contributed by atoms with van der Waals surface area (Å²) in [6.07, 6.45) is 3.70. The lowest BCUT2D eigenvalue weighted by molar-refractivity contribution is -0.0381. The van der Waals surface area contributed by atoms with Crippen molar-refractivity contribution in [1.82, 2.24) is 0 Å². The van der Waals surface area contributed by atoms with Gasteiger partial charge in [0.25, 0.3) is 0 Å². The van der Waals surface area contributed by atoms with Gasteiger partial charge in [-0.15, -0.1) is 0 Å². The minimum absolute atomic E-state index is 0.234. The van der Waals surface area contributed by atoms with Gasteiger partial charge < -0.3 is 10.1 Å². The van der Waals surface area contributed by atoms with Crippen molar-refractivity contribution in [2.24, 2.45) is 5.92 Å². The van der Waals surface area contributed by atoms with Crippen molar-refractivity contribution in [3.05, 3.63) is 64.7 Å². The minimum atomic E-state index is 0.234. The van der Waals surface area contributed by atoms with E-state index in [-0.39, 0.29) is 6.10 Å². The standard InChI is InChI=1S/C21H25NO/c1-3-15-8-11-19-18(13-15)21-17(5-4-12-23-21)20(22-19)16-9-6-14(2)7-10-16/h6-11,13,17,20-22H,3-5,12H2,1-2H3/t17-,20+,21-/m0/s1. The lowest BCUT2D eigenvalue weighted by atomic mass is 9.77. The SMILES string of the molecule is CCc1ccc2c(c1)[C@H]1OCCC[C@H]1[C@@H](c1ccc(C)cc1)N2. The summed E-state index contributed by atoms with van der Waals surface area (Å²) in [5.41, 5.74) is 6.69. The molecule has 0 bridgehead atoms. The van der Waals surface area contributed by atoms with Gasteiger partial charge in [-0.2, -0.15) is 0 Å². The maximum atomic E-state index is 6.24. The summed E-state index contributed by atoms with van der Waals surface area (Å²) in [4.78, 5) is 0. The molecule has 4 rings (SSSR count). The molecule has 0 amide bonds. The molecule has 0 spiro atoms. The largest absolute Gasteiger partial charge is 0.378 e. The molecule has 23 heavy (non-hydrogen) atoms. The van der Waals surface area contributed by atoms with E-state index in [1.165, 1.54) is 34.4 Å². The predicted molar refractivity (Wildman–Crippen MR) is 94.8 cm³/mol. The molecule has 120 valence electrons. The molecule has 1 fully saturated rings. The van der Waals surface area contributed by atoms with Gasteiger partial charge in [-0.1, -0.05) is 48.9 Å². The number of ether oxygens (including phenoxy) is 1. The molecule has 2 nitrogen and oxygen atoms in total.